The van der Waals surface area contributed by atoms with E-state index in [9.17, 15) is 9.46 Å². The topological polar surface area (TPSA) is 53.8 Å². The Morgan fingerprint density at radius 2 is 1.93 bits per heavy atom. The van der Waals surface area contributed by atoms with Crippen LogP contribution in [0.4, 0.5) is 0 Å². The van der Waals surface area contributed by atoms with Gasteiger partial charge < -0.3 is 18.9 Å². The Morgan fingerprint density at radius 1 is 1.33 bits per heavy atom. The van der Waals surface area contributed by atoms with E-state index < -0.39 is 7.60 Å². The molecule has 0 aliphatic rings. The summed E-state index contributed by atoms with van der Waals surface area (Å²) >= 11 is 0. The maximum absolute atomic E-state index is 11.6. The van der Waals surface area contributed by atoms with Gasteiger partial charge in [-0.05, 0) is 0 Å². The Labute approximate surface area is 90.0 Å². The SMILES string of the molecule is C[NH+](C)CCOP(=O)([O-])c1ccccc1. The van der Waals surface area contributed by atoms with Crippen molar-refractivity contribution in [1.29, 1.82) is 0 Å². The summed E-state index contributed by atoms with van der Waals surface area (Å²) in [6, 6.07) is 8.21. The molecule has 1 rings (SSSR count). The second kappa shape index (κ2) is 5.42. The van der Waals surface area contributed by atoms with Crippen LogP contribution in [0.1, 0.15) is 0 Å². The van der Waals surface area contributed by atoms with Crippen LogP contribution in [0.5, 0.6) is 0 Å². The summed E-state index contributed by atoms with van der Waals surface area (Å²) in [7, 11) is 0.0276. The van der Waals surface area contributed by atoms with Crippen LogP contribution in [-0.4, -0.2) is 27.2 Å². The molecule has 1 atom stereocenters. The van der Waals surface area contributed by atoms with Crippen LogP contribution in [0.25, 0.3) is 0 Å². The smallest absolute Gasteiger partial charge is 0.165 e. The summed E-state index contributed by atoms with van der Waals surface area (Å²) in [5, 5.41) is 0.235. The van der Waals surface area contributed by atoms with Crippen molar-refractivity contribution in [1.82, 2.24) is 0 Å². The Hall–Kier alpha value is -0.670. The number of quaternary nitrogens is 1. The summed E-state index contributed by atoms with van der Waals surface area (Å²) in [4.78, 5) is 12.8. The monoisotopic (exact) mass is 229 g/mol. The van der Waals surface area contributed by atoms with Crippen molar-refractivity contribution in [3.05, 3.63) is 30.3 Å². The third kappa shape index (κ3) is 4.14. The molecule has 0 saturated carbocycles. The highest BCUT2D eigenvalue weighted by Crippen LogP contribution is 2.34. The predicted octanol–water partition coefficient (Wildman–Crippen LogP) is -0.974. The normalized spacial score (nSPS) is 15.2. The van der Waals surface area contributed by atoms with E-state index in [0.717, 1.165) is 4.90 Å². The number of benzene rings is 1. The van der Waals surface area contributed by atoms with Crippen LogP contribution in [-0.2, 0) is 9.09 Å². The second-order valence-electron chi connectivity index (χ2n) is 3.62. The number of rotatable bonds is 5. The summed E-state index contributed by atoms with van der Waals surface area (Å²) < 4.78 is 16.5. The first kappa shape index (κ1) is 12.4. The molecule has 0 spiro atoms. The zero-order chi connectivity index (χ0) is 11.3. The maximum Gasteiger partial charge on any atom is 0.165 e. The first-order chi connectivity index (χ1) is 7.02. The lowest BCUT2D eigenvalue weighted by atomic mass is 10.4. The van der Waals surface area contributed by atoms with Crippen molar-refractivity contribution in [2.75, 3.05) is 27.2 Å². The molecule has 15 heavy (non-hydrogen) atoms. The largest absolute Gasteiger partial charge is 0.775 e. The van der Waals surface area contributed by atoms with Gasteiger partial charge in [0, 0.05) is 5.30 Å². The van der Waals surface area contributed by atoms with E-state index in [1.807, 2.05) is 14.1 Å². The van der Waals surface area contributed by atoms with E-state index in [0.29, 0.717) is 6.54 Å². The number of hydrogen-bond acceptors (Lipinski definition) is 3. The zero-order valence-electron chi connectivity index (χ0n) is 8.97. The van der Waals surface area contributed by atoms with Crippen LogP contribution in [0.15, 0.2) is 30.3 Å². The lowest BCUT2D eigenvalue weighted by Gasteiger charge is -2.23. The van der Waals surface area contributed by atoms with Crippen LogP contribution in [0.2, 0.25) is 0 Å². The summed E-state index contributed by atoms with van der Waals surface area (Å²) in [6.07, 6.45) is 0. The first-order valence-electron chi connectivity index (χ1n) is 4.82. The predicted molar refractivity (Wildman–Crippen MR) is 57.3 cm³/mol. The van der Waals surface area contributed by atoms with Gasteiger partial charge in [0.1, 0.15) is 13.2 Å². The van der Waals surface area contributed by atoms with Crippen LogP contribution in [0.3, 0.4) is 0 Å². The minimum Gasteiger partial charge on any atom is -0.775 e. The quantitative estimate of drug-likeness (QED) is 0.661. The second-order valence-corrected chi connectivity index (χ2v) is 5.39. The molecule has 1 unspecified atom stereocenters. The summed E-state index contributed by atoms with van der Waals surface area (Å²) in [6.45, 7) is 0.886. The minimum atomic E-state index is -3.86. The van der Waals surface area contributed by atoms with E-state index in [1.54, 1.807) is 18.2 Å². The van der Waals surface area contributed by atoms with Gasteiger partial charge in [0.15, 0.2) is 7.60 Å². The van der Waals surface area contributed by atoms with Gasteiger partial charge >= 0.3 is 0 Å². The molecule has 0 aromatic heterocycles. The fraction of sp³-hybridized carbons (Fsp3) is 0.400. The molecule has 0 bridgehead atoms. The molecule has 0 fully saturated rings. The molecular weight excluding hydrogens is 213 g/mol. The molecule has 1 aromatic carbocycles. The van der Waals surface area contributed by atoms with Crippen LogP contribution < -0.4 is 15.1 Å². The Bertz CT molecular complexity index is 340. The molecular formula is C10H16NO3P. The highest BCUT2D eigenvalue weighted by Gasteiger charge is 2.11. The van der Waals surface area contributed by atoms with E-state index in [-0.39, 0.29) is 11.9 Å². The summed E-state index contributed by atoms with van der Waals surface area (Å²) in [5.74, 6) is 0. The number of likely N-dealkylation sites (N-methyl/N-ethyl adjacent to an activating group) is 1. The van der Waals surface area contributed by atoms with E-state index in [2.05, 4.69) is 0 Å². The van der Waals surface area contributed by atoms with Gasteiger partial charge in [-0.3, -0.25) is 0 Å². The van der Waals surface area contributed by atoms with Gasteiger partial charge in [-0.15, -0.1) is 0 Å². The molecule has 0 aliphatic carbocycles. The standard InChI is InChI=1S/C10H16NO3P/c1-11(2)8-9-14-15(12,13)10-6-4-3-5-7-10/h3-7H,8-9H2,1-2H3,(H,12,13). The zero-order valence-corrected chi connectivity index (χ0v) is 9.87. The third-order valence-corrected chi connectivity index (χ3v) is 3.39. The lowest BCUT2D eigenvalue weighted by Crippen LogP contribution is -3.06. The van der Waals surface area contributed by atoms with Crippen molar-refractivity contribution in [3.63, 3.8) is 0 Å². The molecule has 0 radical (unpaired) electrons. The highest BCUT2D eigenvalue weighted by molar-refractivity contribution is 7.59. The molecule has 0 saturated heterocycles. The van der Waals surface area contributed by atoms with Crippen LogP contribution in [0, 0.1) is 0 Å². The maximum atomic E-state index is 11.6. The Kier molecular flexibility index (Phi) is 4.48. The minimum absolute atomic E-state index is 0.220. The van der Waals surface area contributed by atoms with Crippen molar-refractivity contribution < 1.29 is 18.9 Å². The van der Waals surface area contributed by atoms with Crippen molar-refractivity contribution >= 4 is 12.9 Å². The molecule has 4 nitrogen and oxygen atoms in total. The van der Waals surface area contributed by atoms with E-state index in [1.165, 1.54) is 12.1 Å². The Balaban J connectivity index is 2.56. The van der Waals surface area contributed by atoms with Gasteiger partial charge in [0.25, 0.3) is 0 Å². The molecule has 0 aliphatic heterocycles. The van der Waals surface area contributed by atoms with Crippen molar-refractivity contribution in [2.45, 2.75) is 0 Å². The fourth-order valence-corrected chi connectivity index (χ4v) is 2.07. The van der Waals surface area contributed by atoms with Crippen LogP contribution >= 0.6 is 7.60 Å². The Morgan fingerprint density at radius 3 is 2.47 bits per heavy atom. The molecule has 84 valence electrons. The molecule has 1 aromatic rings. The molecule has 1 N–H and O–H groups in total. The van der Waals surface area contributed by atoms with Gasteiger partial charge in [-0.1, -0.05) is 30.3 Å². The number of hydrogen-bond donors (Lipinski definition) is 1. The average Bonchev–Trinajstić information content (AvgIpc) is 2.18. The van der Waals surface area contributed by atoms with Gasteiger partial charge in [-0.2, -0.15) is 0 Å². The fourth-order valence-electron chi connectivity index (χ4n) is 1.06. The molecule has 0 heterocycles. The lowest BCUT2D eigenvalue weighted by molar-refractivity contribution is -0.858. The summed E-state index contributed by atoms with van der Waals surface area (Å²) in [5.41, 5.74) is 0. The van der Waals surface area contributed by atoms with Crippen molar-refractivity contribution in [3.8, 4) is 0 Å². The number of nitrogens with one attached hydrogen (secondary N) is 1. The first-order valence-corrected chi connectivity index (χ1v) is 6.37. The van der Waals surface area contributed by atoms with Crippen molar-refractivity contribution in [2.24, 2.45) is 0 Å². The molecule has 0 amide bonds. The van der Waals surface area contributed by atoms with E-state index in [4.69, 9.17) is 4.52 Å². The van der Waals surface area contributed by atoms with Gasteiger partial charge in [0.2, 0.25) is 0 Å². The van der Waals surface area contributed by atoms with E-state index >= 15 is 0 Å². The van der Waals surface area contributed by atoms with Gasteiger partial charge in [0.05, 0.1) is 14.1 Å². The highest BCUT2D eigenvalue weighted by atomic mass is 31.2. The molecule has 5 heteroatoms. The third-order valence-electron chi connectivity index (χ3n) is 1.94. The van der Waals surface area contributed by atoms with Gasteiger partial charge in [-0.25, -0.2) is 0 Å². The average molecular weight is 229 g/mol.